The van der Waals surface area contributed by atoms with Crippen molar-refractivity contribution in [3.63, 3.8) is 0 Å². The Kier molecular flexibility index (Phi) is 7.03. The molecule has 144 valence electrons. The lowest BCUT2D eigenvalue weighted by atomic mass is 9.77. The molecule has 0 unspecified atom stereocenters. The van der Waals surface area contributed by atoms with Gasteiger partial charge in [0, 0.05) is 0 Å². The molecule has 2 aromatic carbocycles. The topological polar surface area (TPSA) is 9.23 Å². The molecule has 2 aromatic rings. The standard InChI is InChI=1S/C24H28F2O/c1-2-3-18-6-12-21(13-7-18)22-14-8-19(9-15-22)4-5-20-10-16-23(17-11-20)27-24(25)26/h4-5,8-11,14-18,21,24H,2-3,6-7,12-13H2,1H3. The minimum absolute atomic E-state index is 0.181. The average molecular weight is 370 g/mol. The monoisotopic (exact) mass is 370 g/mol. The highest BCUT2D eigenvalue weighted by Crippen LogP contribution is 2.37. The smallest absolute Gasteiger partial charge is 0.387 e. The van der Waals surface area contributed by atoms with Crippen molar-refractivity contribution in [2.75, 3.05) is 0 Å². The van der Waals surface area contributed by atoms with Gasteiger partial charge in [0.05, 0.1) is 0 Å². The van der Waals surface area contributed by atoms with E-state index in [1.807, 2.05) is 12.2 Å². The van der Waals surface area contributed by atoms with Crippen molar-refractivity contribution < 1.29 is 13.5 Å². The SMILES string of the molecule is CCCC1CCC(c2ccc(C=Cc3ccc(OC(F)F)cc3)cc2)CC1. The number of rotatable bonds is 7. The van der Waals surface area contributed by atoms with Crippen molar-refractivity contribution in [2.24, 2.45) is 5.92 Å². The van der Waals surface area contributed by atoms with Crippen LogP contribution in [-0.2, 0) is 0 Å². The quantitative estimate of drug-likeness (QED) is 0.458. The summed E-state index contributed by atoms with van der Waals surface area (Å²) in [5, 5.41) is 0. The van der Waals surface area contributed by atoms with Crippen LogP contribution in [-0.4, -0.2) is 6.61 Å². The molecular weight excluding hydrogens is 342 g/mol. The van der Waals surface area contributed by atoms with E-state index >= 15 is 0 Å². The van der Waals surface area contributed by atoms with Gasteiger partial charge in [-0.2, -0.15) is 8.78 Å². The van der Waals surface area contributed by atoms with Crippen LogP contribution in [0.5, 0.6) is 5.75 Å². The second-order valence-electron chi connectivity index (χ2n) is 7.45. The zero-order valence-electron chi connectivity index (χ0n) is 15.9. The Bertz CT molecular complexity index is 711. The largest absolute Gasteiger partial charge is 0.435 e. The number of alkyl halides is 2. The van der Waals surface area contributed by atoms with Crippen LogP contribution in [0, 0.1) is 5.92 Å². The zero-order chi connectivity index (χ0) is 19.1. The lowest BCUT2D eigenvalue weighted by Crippen LogP contribution is -2.13. The second kappa shape index (κ2) is 9.68. The van der Waals surface area contributed by atoms with E-state index in [4.69, 9.17) is 0 Å². The van der Waals surface area contributed by atoms with Gasteiger partial charge in [-0.05, 0) is 66.3 Å². The molecule has 0 heterocycles. The number of hydrogen-bond donors (Lipinski definition) is 0. The number of benzene rings is 2. The Morgan fingerprint density at radius 1 is 0.889 bits per heavy atom. The second-order valence-corrected chi connectivity index (χ2v) is 7.45. The minimum Gasteiger partial charge on any atom is -0.435 e. The molecule has 0 aromatic heterocycles. The Labute approximate surface area is 161 Å². The molecule has 0 atom stereocenters. The summed E-state index contributed by atoms with van der Waals surface area (Å²) in [6, 6.07) is 15.5. The van der Waals surface area contributed by atoms with Crippen molar-refractivity contribution >= 4 is 12.2 Å². The molecular formula is C24H28F2O. The molecule has 27 heavy (non-hydrogen) atoms. The fourth-order valence-electron chi connectivity index (χ4n) is 4.02. The molecule has 0 saturated heterocycles. The summed E-state index contributed by atoms with van der Waals surface area (Å²) < 4.78 is 28.7. The van der Waals surface area contributed by atoms with E-state index < -0.39 is 6.61 Å². The van der Waals surface area contributed by atoms with Crippen molar-refractivity contribution in [3.8, 4) is 5.75 Å². The lowest BCUT2D eigenvalue weighted by Gasteiger charge is -2.28. The van der Waals surface area contributed by atoms with Gasteiger partial charge < -0.3 is 4.74 Å². The summed E-state index contributed by atoms with van der Waals surface area (Å²) in [4.78, 5) is 0. The molecule has 3 rings (SSSR count). The summed E-state index contributed by atoms with van der Waals surface area (Å²) in [5.41, 5.74) is 3.55. The van der Waals surface area contributed by atoms with Crippen molar-refractivity contribution in [2.45, 2.75) is 58.0 Å². The molecule has 1 saturated carbocycles. The van der Waals surface area contributed by atoms with Gasteiger partial charge in [0.1, 0.15) is 5.75 Å². The summed E-state index contributed by atoms with van der Waals surface area (Å²) in [5.74, 6) is 1.82. The van der Waals surface area contributed by atoms with E-state index in [-0.39, 0.29) is 5.75 Å². The van der Waals surface area contributed by atoms with Gasteiger partial charge in [-0.1, -0.05) is 68.3 Å². The van der Waals surface area contributed by atoms with E-state index in [9.17, 15) is 8.78 Å². The van der Waals surface area contributed by atoms with Crippen LogP contribution < -0.4 is 4.74 Å². The van der Waals surface area contributed by atoms with E-state index in [1.165, 1.54) is 44.1 Å². The highest BCUT2D eigenvalue weighted by molar-refractivity contribution is 5.69. The van der Waals surface area contributed by atoms with Crippen LogP contribution in [0.4, 0.5) is 8.78 Å². The third-order valence-electron chi connectivity index (χ3n) is 5.53. The molecule has 1 fully saturated rings. The van der Waals surface area contributed by atoms with E-state index in [1.54, 1.807) is 24.3 Å². The van der Waals surface area contributed by atoms with Gasteiger partial charge in [0.25, 0.3) is 0 Å². The molecule has 1 nitrogen and oxygen atoms in total. The predicted octanol–water partition coefficient (Wildman–Crippen LogP) is 7.53. The Morgan fingerprint density at radius 3 is 1.96 bits per heavy atom. The molecule has 3 heteroatoms. The Morgan fingerprint density at radius 2 is 1.44 bits per heavy atom. The predicted molar refractivity (Wildman–Crippen MR) is 108 cm³/mol. The maximum Gasteiger partial charge on any atom is 0.387 e. The highest BCUT2D eigenvalue weighted by Gasteiger charge is 2.21. The molecule has 0 spiro atoms. The van der Waals surface area contributed by atoms with Crippen LogP contribution in [0.3, 0.4) is 0 Å². The van der Waals surface area contributed by atoms with E-state index in [0.29, 0.717) is 5.92 Å². The number of ether oxygens (including phenoxy) is 1. The third kappa shape index (κ3) is 5.92. The highest BCUT2D eigenvalue weighted by atomic mass is 19.3. The first kappa shape index (κ1) is 19.6. The van der Waals surface area contributed by atoms with Crippen LogP contribution >= 0.6 is 0 Å². The fraction of sp³-hybridized carbons (Fsp3) is 0.417. The fourth-order valence-corrected chi connectivity index (χ4v) is 4.02. The molecule has 0 radical (unpaired) electrons. The van der Waals surface area contributed by atoms with Gasteiger partial charge in [-0.15, -0.1) is 0 Å². The lowest BCUT2D eigenvalue weighted by molar-refractivity contribution is -0.0498. The van der Waals surface area contributed by atoms with Gasteiger partial charge in [-0.25, -0.2) is 0 Å². The van der Waals surface area contributed by atoms with Gasteiger partial charge in [-0.3, -0.25) is 0 Å². The first-order chi connectivity index (χ1) is 13.1. The van der Waals surface area contributed by atoms with Crippen LogP contribution in [0.2, 0.25) is 0 Å². The molecule has 1 aliphatic carbocycles. The van der Waals surface area contributed by atoms with Crippen molar-refractivity contribution in [1.82, 2.24) is 0 Å². The maximum absolute atomic E-state index is 12.2. The Balaban J connectivity index is 1.55. The van der Waals surface area contributed by atoms with Crippen molar-refractivity contribution in [3.05, 3.63) is 65.2 Å². The van der Waals surface area contributed by atoms with Crippen LogP contribution in [0.15, 0.2) is 48.5 Å². The normalized spacial score (nSPS) is 20.3. The number of hydrogen-bond acceptors (Lipinski definition) is 1. The van der Waals surface area contributed by atoms with Crippen LogP contribution in [0.25, 0.3) is 12.2 Å². The van der Waals surface area contributed by atoms with Gasteiger partial charge in [0.2, 0.25) is 0 Å². The molecule has 0 aliphatic heterocycles. The summed E-state index contributed by atoms with van der Waals surface area (Å²) >= 11 is 0. The third-order valence-corrected chi connectivity index (χ3v) is 5.53. The van der Waals surface area contributed by atoms with E-state index in [0.717, 1.165) is 17.0 Å². The molecule has 0 amide bonds. The minimum atomic E-state index is -2.79. The van der Waals surface area contributed by atoms with Gasteiger partial charge >= 0.3 is 6.61 Å². The molecule has 1 aliphatic rings. The first-order valence-electron chi connectivity index (χ1n) is 9.97. The van der Waals surface area contributed by atoms with Gasteiger partial charge in [0.15, 0.2) is 0 Å². The summed E-state index contributed by atoms with van der Waals surface area (Å²) in [6.45, 7) is -0.504. The van der Waals surface area contributed by atoms with Crippen LogP contribution in [0.1, 0.15) is 68.1 Å². The van der Waals surface area contributed by atoms with Crippen molar-refractivity contribution in [1.29, 1.82) is 0 Å². The summed E-state index contributed by atoms with van der Waals surface area (Å²) in [6.07, 6.45) is 12.1. The first-order valence-corrected chi connectivity index (χ1v) is 9.97. The van der Waals surface area contributed by atoms with E-state index in [2.05, 4.69) is 35.9 Å². The summed E-state index contributed by atoms with van der Waals surface area (Å²) in [7, 11) is 0. The maximum atomic E-state index is 12.2. The zero-order valence-corrected chi connectivity index (χ0v) is 15.9. The number of halogens is 2. The molecule has 0 N–H and O–H groups in total. The Hall–Kier alpha value is -2.16. The average Bonchev–Trinajstić information content (AvgIpc) is 2.68. The molecule has 0 bridgehead atoms.